The molecule has 0 bridgehead atoms. The van der Waals surface area contributed by atoms with Crippen molar-refractivity contribution in [2.24, 2.45) is 0 Å². The molecule has 0 radical (unpaired) electrons. The standard InChI is InChI=1S/C18H17N3O2S/c1-3-23-18(22)17-21-15(12-6-4-5-11(2)9-12)16(24-17)13-7-8-20-14(19)10-13/h4-10H,3H2,1-2H3,(H2,19,20). The lowest BCUT2D eigenvalue weighted by atomic mass is 10.1. The molecule has 0 saturated carbocycles. The van der Waals surface area contributed by atoms with Crippen LogP contribution in [-0.4, -0.2) is 22.5 Å². The highest BCUT2D eigenvalue weighted by Crippen LogP contribution is 2.37. The number of esters is 1. The van der Waals surface area contributed by atoms with E-state index in [0.717, 1.165) is 27.3 Å². The van der Waals surface area contributed by atoms with Crippen molar-refractivity contribution in [3.05, 3.63) is 53.2 Å². The van der Waals surface area contributed by atoms with Crippen LogP contribution in [-0.2, 0) is 4.74 Å². The number of hydrogen-bond donors (Lipinski definition) is 1. The highest BCUT2D eigenvalue weighted by molar-refractivity contribution is 7.17. The summed E-state index contributed by atoms with van der Waals surface area (Å²) in [4.78, 5) is 21.5. The van der Waals surface area contributed by atoms with E-state index in [-0.39, 0.29) is 0 Å². The Bertz CT molecular complexity index is 826. The first-order valence-corrected chi connectivity index (χ1v) is 8.37. The maximum Gasteiger partial charge on any atom is 0.367 e. The molecule has 24 heavy (non-hydrogen) atoms. The van der Waals surface area contributed by atoms with Crippen molar-refractivity contribution < 1.29 is 9.53 Å². The van der Waals surface area contributed by atoms with Gasteiger partial charge in [0.2, 0.25) is 5.01 Å². The van der Waals surface area contributed by atoms with Crippen LogP contribution >= 0.6 is 11.3 Å². The number of thiazole rings is 1. The summed E-state index contributed by atoms with van der Waals surface area (Å²) in [5, 5.41) is 0.332. The molecule has 5 nitrogen and oxygen atoms in total. The Morgan fingerprint density at radius 2 is 2.08 bits per heavy atom. The first kappa shape index (κ1) is 16.1. The lowest BCUT2D eigenvalue weighted by molar-refractivity contribution is 0.0526. The Morgan fingerprint density at radius 3 is 2.79 bits per heavy atom. The molecule has 0 amide bonds. The first-order valence-electron chi connectivity index (χ1n) is 7.55. The number of rotatable bonds is 4. The molecule has 0 aliphatic carbocycles. The van der Waals surface area contributed by atoms with Gasteiger partial charge in [0.15, 0.2) is 0 Å². The number of ether oxygens (including phenoxy) is 1. The molecule has 6 heteroatoms. The molecule has 0 saturated heterocycles. The number of nitrogens with zero attached hydrogens (tertiary/aromatic N) is 2. The average molecular weight is 339 g/mol. The molecule has 3 rings (SSSR count). The van der Waals surface area contributed by atoms with Gasteiger partial charge in [-0.25, -0.2) is 14.8 Å². The number of carbonyl (C=O) groups is 1. The Balaban J connectivity index is 2.16. The van der Waals surface area contributed by atoms with E-state index in [9.17, 15) is 4.79 Å². The molecule has 0 spiro atoms. The number of pyridine rings is 1. The number of benzene rings is 1. The van der Waals surface area contributed by atoms with Crippen molar-refractivity contribution in [2.75, 3.05) is 12.3 Å². The van der Waals surface area contributed by atoms with E-state index >= 15 is 0 Å². The third kappa shape index (κ3) is 3.28. The molecule has 0 aliphatic rings. The van der Waals surface area contributed by atoms with Gasteiger partial charge >= 0.3 is 5.97 Å². The van der Waals surface area contributed by atoms with Gasteiger partial charge in [0.1, 0.15) is 5.82 Å². The highest BCUT2D eigenvalue weighted by Gasteiger charge is 2.20. The Kier molecular flexibility index (Phi) is 4.57. The van der Waals surface area contributed by atoms with E-state index in [1.165, 1.54) is 11.3 Å². The van der Waals surface area contributed by atoms with Crippen molar-refractivity contribution in [2.45, 2.75) is 13.8 Å². The van der Waals surface area contributed by atoms with Crippen LogP contribution in [0.3, 0.4) is 0 Å². The lowest BCUT2D eigenvalue weighted by Gasteiger charge is -2.04. The molecule has 3 aromatic rings. The molecular weight excluding hydrogens is 322 g/mol. The van der Waals surface area contributed by atoms with Crippen molar-refractivity contribution >= 4 is 23.1 Å². The summed E-state index contributed by atoms with van der Waals surface area (Å²) in [5.74, 6) is 0.0125. The number of aromatic nitrogens is 2. The average Bonchev–Trinajstić information content (AvgIpc) is 3.00. The molecule has 0 fully saturated rings. The molecule has 0 atom stereocenters. The zero-order valence-electron chi connectivity index (χ0n) is 13.4. The topological polar surface area (TPSA) is 78.1 Å². The highest BCUT2D eigenvalue weighted by atomic mass is 32.1. The number of carbonyl (C=O) groups excluding carboxylic acids is 1. The van der Waals surface area contributed by atoms with Gasteiger partial charge in [-0.1, -0.05) is 23.8 Å². The summed E-state index contributed by atoms with van der Waals surface area (Å²) < 4.78 is 5.09. The summed E-state index contributed by atoms with van der Waals surface area (Å²) in [6, 6.07) is 11.6. The van der Waals surface area contributed by atoms with Crippen LogP contribution in [0.1, 0.15) is 22.3 Å². The molecule has 2 N–H and O–H groups in total. The molecule has 2 heterocycles. The Morgan fingerprint density at radius 1 is 1.25 bits per heavy atom. The van der Waals surface area contributed by atoms with Crippen molar-refractivity contribution in [3.8, 4) is 21.7 Å². The third-order valence-electron chi connectivity index (χ3n) is 3.41. The lowest BCUT2D eigenvalue weighted by Crippen LogP contribution is -2.03. The molecule has 1 aromatic carbocycles. The SMILES string of the molecule is CCOC(=O)c1nc(-c2cccc(C)c2)c(-c2ccnc(N)c2)s1. The predicted molar refractivity (Wildman–Crippen MR) is 95.9 cm³/mol. The fourth-order valence-electron chi connectivity index (χ4n) is 2.37. The van der Waals surface area contributed by atoms with E-state index in [2.05, 4.69) is 9.97 Å². The van der Waals surface area contributed by atoms with E-state index in [1.807, 2.05) is 37.3 Å². The van der Waals surface area contributed by atoms with Crippen LogP contribution in [0.4, 0.5) is 5.82 Å². The number of nitrogens with two attached hydrogens (primary N) is 1. The van der Waals surface area contributed by atoms with E-state index < -0.39 is 5.97 Å². The van der Waals surface area contributed by atoms with Gasteiger partial charge in [-0.3, -0.25) is 0 Å². The van der Waals surface area contributed by atoms with Crippen LogP contribution in [0.25, 0.3) is 21.7 Å². The second kappa shape index (κ2) is 6.80. The minimum absolute atomic E-state index is 0.315. The fourth-order valence-corrected chi connectivity index (χ4v) is 3.35. The van der Waals surface area contributed by atoms with E-state index in [4.69, 9.17) is 10.5 Å². The summed E-state index contributed by atoms with van der Waals surface area (Å²) in [6.07, 6.45) is 1.65. The Hall–Kier alpha value is -2.73. The zero-order chi connectivity index (χ0) is 17.1. The van der Waals surface area contributed by atoms with Gasteiger partial charge in [0.05, 0.1) is 17.2 Å². The predicted octanol–water partition coefficient (Wildman–Crippen LogP) is 3.94. The monoisotopic (exact) mass is 339 g/mol. The number of hydrogen-bond acceptors (Lipinski definition) is 6. The van der Waals surface area contributed by atoms with Crippen molar-refractivity contribution in [1.82, 2.24) is 9.97 Å². The van der Waals surface area contributed by atoms with Gasteiger partial charge in [-0.2, -0.15) is 0 Å². The summed E-state index contributed by atoms with van der Waals surface area (Å²) >= 11 is 1.30. The molecule has 2 aromatic heterocycles. The number of anilines is 1. The molecule has 0 unspecified atom stereocenters. The van der Waals surface area contributed by atoms with Crippen molar-refractivity contribution in [1.29, 1.82) is 0 Å². The molecular formula is C18H17N3O2S. The van der Waals surface area contributed by atoms with Gasteiger partial charge in [0.25, 0.3) is 0 Å². The second-order valence-corrected chi connectivity index (χ2v) is 6.26. The number of aryl methyl sites for hydroxylation is 1. The normalized spacial score (nSPS) is 10.6. The van der Waals surface area contributed by atoms with Gasteiger partial charge < -0.3 is 10.5 Å². The zero-order valence-corrected chi connectivity index (χ0v) is 14.3. The second-order valence-electron chi connectivity index (χ2n) is 5.26. The molecule has 122 valence electrons. The van der Waals surface area contributed by atoms with Gasteiger partial charge in [-0.15, -0.1) is 11.3 Å². The van der Waals surface area contributed by atoms with Gasteiger partial charge in [-0.05, 0) is 37.6 Å². The quantitative estimate of drug-likeness (QED) is 0.728. The van der Waals surface area contributed by atoms with Crippen LogP contribution in [0.5, 0.6) is 0 Å². The van der Waals surface area contributed by atoms with Crippen LogP contribution < -0.4 is 5.73 Å². The minimum Gasteiger partial charge on any atom is -0.461 e. The maximum atomic E-state index is 12.1. The number of nitrogen functional groups attached to an aromatic ring is 1. The Labute approximate surface area is 144 Å². The van der Waals surface area contributed by atoms with Crippen LogP contribution in [0.15, 0.2) is 42.6 Å². The first-order chi connectivity index (χ1) is 11.6. The smallest absolute Gasteiger partial charge is 0.367 e. The third-order valence-corrected chi connectivity index (χ3v) is 4.50. The maximum absolute atomic E-state index is 12.1. The minimum atomic E-state index is -0.412. The summed E-state index contributed by atoms with van der Waals surface area (Å²) in [5.41, 5.74) is 9.51. The largest absolute Gasteiger partial charge is 0.461 e. The molecule has 0 aliphatic heterocycles. The fraction of sp³-hybridized carbons (Fsp3) is 0.167. The van der Waals surface area contributed by atoms with Crippen LogP contribution in [0.2, 0.25) is 0 Å². The van der Waals surface area contributed by atoms with Crippen LogP contribution in [0, 0.1) is 6.92 Å². The van der Waals surface area contributed by atoms with Gasteiger partial charge in [0, 0.05) is 11.8 Å². The van der Waals surface area contributed by atoms with E-state index in [1.54, 1.807) is 19.2 Å². The summed E-state index contributed by atoms with van der Waals surface area (Å²) in [6.45, 7) is 4.11. The summed E-state index contributed by atoms with van der Waals surface area (Å²) in [7, 11) is 0. The van der Waals surface area contributed by atoms with E-state index in [0.29, 0.717) is 17.4 Å². The van der Waals surface area contributed by atoms with Crippen molar-refractivity contribution in [3.63, 3.8) is 0 Å².